The molecule has 0 aliphatic carbocycles. The molecule has 0 atom stereocenters. The molecule has 0 N–H and O–H groups in total. The molecule has 8 heteroatoms. The van der Waals surface area contributed by atoms with Gasteiger partial charge in [-0.15, -0.1) is 3.98 Å². The van der Waals surface area contributed by atoms with Gasteiger partial charge in [-0.3, -0.25) is 0 Å². The van der Waals surface area contributed by atoms with Crippen LogP contribution < -0.4 is 5.32 Å². The van der Waals surface area contributed by atoms with Crippen molar-refractivity contribution in [3.63, 3.8) is 0 Å². The summed E-state index contributed by atoms with van der Waals surface area (Å²) in [4.78, 5) is 0. The molecule has 0 aromatic heterocycles. The van der Waals surface area contributed by atoms with Crippen LogP contribution in [0.3, 0.4) is 0 Å². The number of hydrogen-bond donors (Lipinski definition) is 0. The minimum Gasteiger partial charge on any atom is -0.173 e. The molecule has 0 aromatic rings. The highest BCUT2D eigenvalue weighted by molar-refractivity contribution is 7.86. The molecule has 73 valence electrons. The minimum absolute atomic E-state index is 0.0903. The summed E-state index contributed by atoms with van der Waals surface area (Å²) in [5, 5.41) is 3.38. The van der Waals surface area contributed by atoms with Crippen LogP contribution in [0.25, 0.3) is 0 Å². The summed E-state index contributed by atoms with van der Waals surface area (Å²) in [6.45, 7) is 1.17. The first-order chi connectivity index (χ1) is 5.77. The Bertz CT molecular complexity index is 379. The predicted octanol–water partition coefficient (Wildman–Crippen LogP) is 0.356. The largest absolute Gasteiger partial charge is 0.537 e. The summed E-state index contributed by atoms with van der Waals surface area (Å²) < 4.78 is 57.4. The highest BCUT2D eigenvalue weighted by atomic mass is 32.2. The van der Waals surface area contributed by atoms with Crippen molar-refractivity contribution in [1.82, 2.24) is 5.32 Å². The van der Waals surface area contributed by atoms with Crippen LogP contribution >= 0.6 is 0 Å². The Balaban J connectivity index is 3.24. The molecule has 0 aromatic carbocycles. The van der Waals surface area contributed by atoms with Crippen LogP contribution in [-0.4, -0.2) is 23.7 Å². The predicted molar refractivity (Wildman–Crippen MR) is 37.2 cm³/mol. The van der Waals surface area contributed by atoms with Crippen LogP contribution in [0.2, 0.25) is 0 Å². The number of amidine groups is 1. The number of alkyl halides is 3. The van der Waals surface area contributed by atoms with Crippen molar-refractivity contribution < 1.29 is 25.6 Å². The van der Waals surface area contributed by atoms with Gasteiger partial charge in [-0.05, 0) is 5.32 Å². The number of sulfonamides is 1. The van der Waals surface area contributed by atoms with E-state index in [-0.39, 0.29) is 9.82 Å². The topological polar surface area (TPSA) is 51.2 Å². The van der Waals surface area contributed by atoms with Crippen molar-refractivity contribution in [2.75, 3.05) is 0 Å². The quantitative estimate of drug-likeness (QED) is 0.591. The number of nitrogens with zero attached hydrogens (tertiary/aromatic N) is 2. The van der Waals surface area contributed by atoms with E-state index in [0.29, 0.717) is 0 Å². The van der Waals surface area contributed by atoms with E-state index in [0.717, 1.165) is 12.4 Å². The van der Waals surface area contributed by atoms with Crippen LogP contribution in [0.1, 0.15) is 6.92 Å². The van der Waals surface area contributed by atoms with Gasteiger partial charge >= 0.3 is 21.4 Å². The Morgan fingerprint density at radius 2 is 2.00 bits per heavy atom. The molecule has 1 rings (SSSR count). The second-order valence-electron chi connectivity index (χ2n) is 2.22. The standard InChI is InChI=1S/C5H5F3N2O2S/c1-4-9-2-3-10(4)13(11,12)5(6,7)8/h2-3H,1H3/q+1. The normalized spacial score (nSPS) is 17.8. The lowest BCUT2D eigenvalue weighted by Crippen LogP contribution is -2.33. The van der Waals surface area contributed by atoms with Gasteiger partial charge in [-0.1, -0.05) is 0 Å². The van der Waals surface area contributed by atoms with Crippen LogP contribution in [0.4, 0.5) is 13.2 Å². The summed E-state index contributed by atoms with van der Waals surface area (Å²) in [6.07, 6.45) is 1.73. The van der Waals surface area contributed by atoms with E-state index in [1.807, 2.05) is 0 Å². The molecule has 1 radical (unpaired) electrons. The smallest absolute Gasteiger partial charge is 0.173 e. The van der Waals surface area contributed by atoms with Crippen molar-refractivity contribution in [3.05, 3.63) is 12.4 Å². The first-order valence-electron chi connectivity index (χ1n) is 3.08. The van der Waals surface area contributed by atoms with Gasteiger partial charge in [0, 0.05) is 6.92 Å². The third kappa shape index (κ3) is 1.53. The van der Waals surface area contributed by atoms with E-state index in [4.69, 9.17) is 0 Å². The number of hydrogen-bond acceptors (Lipinski definition) is 2. The van der Waals surface area contributed by atoms with E-state index in [2.05, 4.69) is 5.32 Å². The molecule has 13 heavy (non-hydrogen) atoms. The van der Waals surface area contributed by atoms with Crippen molar-refractivity contribution in [2.45, 2.75) is 12.4 Å². The molecular weight excluding hydrogens is 209 g/mol. The minimum atomic E-state index is -5.31. The van der Waals surface area contributed by atoms with Gasteiger partial charge in [0.25, 0.3) is 0 Å². The number of halogens is 3. The van der Waals surface area contributed by atoms with Crippen molar-refractivity contribution in [2.24, 2.45) is 0 Å². The lowest BCUT2D eigenvalue weighted by molar-refractivity contribution is -0.295. The first-order valence-corrected chi connectivity index (χ1v) is 4.52. The van der Waals surface area contributed by atoms with Crippen LogP contribution in [0.5, 0.6) is 0 Å². The fourth-order valence-corrected chi connectivity index (χ4v) is 1.56. The molecule has 0 unspecified atom stereocenters. The maximum absolute atomic E-state index is 11.9. The maximum atomic E-state index is 11.9. The summed E-state index contributed by atoms with van der Waals surface area (Å²) in [7, 11) is -5.31. The van der Waals surface area contributed by atoms with Crippen molar-refractivity contribution in [1.29, 1.82) is 0 Å². The van der Waals surface area contributed by atoms with E-state index < -0.39 is 15.5 Å². The van der Waals surface area contributed by atoms with Crippen LogP contribution in [-0.2, 0) is 10.0 Å². The molecule has 0 saturated heterocycles. The van der Waals surface area contributed by atoms with E-state index >= 15 is 0 Å². The molecule has 4 nitrogen and oxygen atoms in total. The highest BCUT2D eigenvalue weighted by Crippen LogP contribution is 2.25. The third-order valence-electron chi connectivity index (χ3n) is 1.33. The molecule has 1 heterocycles. The van der Waals surface area contributed by atoms with E-state index in [1.54, 1.807) is 0 Å². The molecule has 1 aliphatic heterocycles. The summed E-state index contributed by atoms with van der Waals surface area (Å²) in [5.41, 5.74) is -5.29. The zero-order chi connectivity index (χ0) is 10.3. The van der Waals surface area contributed by atoms with E-state index in [1.165, 1.54) is 6.92 Å². The molecule has 0 amide bonds. The lowest BCUT2D eigenvalue weighted by Gasteiger charge is -2.04. The van der Waals surface area contributed by atoms with Gasteiger partial charge in [0.05, 0.1) is 0 Å². The molecule has 1 aliphatic rings. The van der Waals surface area contributed by atoms with Gasteiger partial charge < -0.3 is 0 Å². The van der Waals surface area contributed by atoms with Gasteiger partial charge in [0.1, 0.15) is 0 Å². The maximum Gasteiger partial charge on any atom is 0.537 e. The zero-order valence-electron chi connectivity index (χ0n) is 6.41. The average molecular weight is 214 g/mol. The molecule has 0 bridgehead atoms. The Morgan fingerprint density at radius 1 is 1.46 bits per heavy atom. The lowest BCUT2D eigenvalue weighted by atomic mass is 10.7. The van der Waals surface area contributed by atoms with Crippen LogP contribution in [0, 0.1) is 0 Å². The third-order valence-corrected chi connectivity index (χ3v) is 2.82. The van der Waals surface area contributed by atoms with Gasteiger partial charge in [0.15, 0.2) is 12.4 Å². The van der Waals surface area contributed by atoms with Crippen molar-refractivity contribution in [3.8, 4) is 0 Å². The first kappa shape index (κ1) is 10.0. The fourth-order valence-electron chi connectivity index (χ4n) is 0.732. The second-order valence-corrected chi connectivity index (χ2v) is 4.03. The average Bonchev–Trinajstić information content (AvgIpc) is 2.32. The fraction of sp³-hybridized carbons (Fsp3) is 0.400. The Hall–Kier alpha value is -1.05. The Labute approximate surface area is 72.4 Å². The molecule has 0 fully saturated rings. The summed E-state index contributed by atoms with van der Waals surface area (Å²) >= 11 is 0. The van der Waals surface area contributed by atoms with Gasteiger partial charge in [-0.25, -0.2) is 0 Å². The Kier molecular flexibility index (Phi) is 2.10. The van der Waals surface area contributed by atoms with Crippen molar-refractivity contribution >= 4 is 15.9 Å². The Morgan fingerprint density at radius 3 is 2.31 bits per heavy atom. The second kappa shape index (κ2) is 2.72. The molecular formula is C5H5F3N2O2S+. The summed E-state index contributed by atoms with van der Waals surface area (Å²) in [5.74, 6) is -0.225. The monoisotopic (exact) mass is 214 g/mol. The summed E-state index contributed by atoms with van der Waals surface area (Å²) in [6, 6.07) is 0. The molecule has 0 saturated carbocycles. The SMILES string of the molecule is CC1=[N+](S(=O)(=O)C(F)(F)F)C=C[N]1. The van der Waals surface area contributed by atoms with Gasteiger partial charge in [-0.2, -0.15) is 21.6 Å². The molecule has 0 spiro atoms. The zero-order valence-corrected chi connectivity index (χ0v) is 7.22. The highest BCUT2D eigenvalue weighted by Gasteiger charge is 2.53. The number of rotatable bonds is 1. The van der Waals surface area contributed by atoms with Crippen LogP contribution in [0.15, 0.2) is 12.4 Å². The van der Waals surface area contributed by atoms with E-state index in [9.17, 15) is 21.6 Å². The van der Waals surface area contributed by atoms with Gasteiger partial charge in [0.2, 0.25) is 0 Å².